The molecule has 0 N–H and O–H groups in total. The summed E-state index contributed by atoms with van der Waals surface area (Å²) in [6.07, 6.45) is 6.43. The predicted octanol–water partition coefficient (Wildman–Crippen LogP) is 11.8. The number of para-hydroxylation sites is 3. The molecule has 0 saturated carbocycles. The van der Waals surface area contributed by atoms with Gasteiger partial charge < -0.3 is 18.9 Å². The summed E-state index contributed by atoms with van der Waals surface area (Å²) < 4.78 is 26.7. The van der Waals surface area contributed by atoms with Crippen LogP contribution in [0.4, 0.5) is 0 Å². The lowest BCUT2D eigenvalue weighted by Gasteiger charge is -2.24. The van der Waals surface area contributed by atoms with Crippen LogP contribution in [0.3, 0.4) is 0 Å². The maximum atomic E-state index is 6.80. The van der Waals surface area contributed by atoms with E-state index in [1.807, 2.05) is 12.1 Å². The van der Waals surface area contributed by atoms with Crippen LogP contribution in [0.25, 0.3) is 11.1 Å². The zero-order valence-corrected chi connectivity index (χ0v) is 31.4. The molecule has 5 aromatic rings. The zero-order chi connectivity index (χ0) is 35.6. The molecule has 51 heavy (non-hydrogen) atoms. The Morgan fingerprint density at radius 1 is 0.412 bits per heavy atom. The van der Waals surface area contributed by atoms with Gasteiger partial charge in [0.15, 0.2) is 0 Å². The third kappa shape index (κ3) is 8.56. The molecule has 0 radical (unpaired) electrons. The molecule has 0 unspecified atom stereocenters. The molecule has 0 spiro atoms. The van der Waals surface area contributed by atoms with E-state index in [1.54, 1.807) is 0 Å². The number of hydrogen-bond donors (Lipinski definition) is 0. The number of ether oxygens (including phenoxy) is 4. The molecule has 0 fully saturated rings. The SMILES string of the molecule is CCCOc1c2cccc1Cc1cccc(c1OCCC)Cc1c(-c3ccc(Cl)cc3)ccc(c1OCCC)Cc1cccc(c1OCCC)C2. The number of rotatable bonds is 13. The Bertz CT molecular complexity index is 1910. The van der Waals surface area contributed by atoms with Crippen molar-refractivity contribution < 1.29 is 18.9 Å². The van der Waals surface area contributed by atoms with Crippen molar-refractivity contribution in [3.8, 4) is 34.1 Å². The molecule has 5 aromatic carbocycles. The van der Waals surface area contributed by atoms with E-state index >= 15 is 0 Å². The van der Waals surface area contributed by atoms with Crippen LogP contribution in [-0.2, 0) is 25.7 Å². The fourth-order valence-corrected chi connectivity index (χ4v) is 7.12. The third-order valence-corrected chi connectivity index (χ3v) is 9.60. The van der Waals surface area contributed by atoms with E-state index in [1.165, 1.54) is 5.56 Å². The summed E-state index contributed by atoms with van der Waals surface area (Å²) in [5.41, 5.74) is 11.5. The van der Waals surface area contributed by atoms with Crippen LogP contribution in [-0.4, -0.2) is 26.4 Å². The number of benzene rings is 5. The van der Waals surface area contributed by atoms with Crippen LogP contribution in [0.2, 0.25) is 5.02 Å². The van der Waals surface area contributed by atoms with Crippen molar-refractivity contribution in [3.05, 3.63) is 141 Å². The van der Waals surface area contributed by atoms with Gasteiger partial charge in [-0.2, -0.15) is 0 Å². The molecule has 1 aliphatic rings. The molecule has 6 rings (SSSR count). The van der Waals surface area contributed by atoms with Gasteiger partial charge in [0.2, 0.25) is 0 Å². The number of hydrogen-bond acceptors (Lipinski definition) is 4. The van der Waals surface area contributed by atoms with Gasteiger partial charge in [-0.15, -0.1) is 0 Å². The van der Waals surface area contributed by atoms with E-state index < -0.39 is 0 Å². The average molecular weight is 703 g/mol. The third-order valence-electron chi connectivity index (χ3n) is 9.34. The van der Waals surface area contributed by atoms with Crippen molar-refractivity contribution in [1.29, 1.82) is 0 Å². The van der Waals surface area contributed by atoms with Crippen LogP contribution in [0.1, 0.15) is 97.9 Å². The molecule has 5 heteroatoms. The van der Waals surface area contributed by atoms with Gasteiger partial charge in [0.05, 0.1) is 26.4 Å². The van der Waals surface area contributed by atoms with Crippen LogP contribution in [0.15, 0.2) is 91.0 Å². The van der Waals surface area contributed by atoms with E-state index in [-0.39, 0.29) is 0 Å². The van der Waals surface area contributed by atoms with Crippen molar-refractivity contribution in [2.24, 2.45) is 0 Å². The summed E-state index contributed by atoms with van der Waals surface area (Å²) in [7, 11) is 0. The lowest BCUT2D eigenvalue weighted by molar-refractivity contribution is 0.305. The standard InChI is InChI=1S/C46H51ClO4/c1-5-24-48-43-33-12-9-13-35(43)29-36-16-11-17-38(45(36)50-26-7-3)31-42-41(32-18-21-40(47)22-19-32)23-20-39(46(42)51-27-8-4)30-37-15-10-14-34(28-33)44(37)49-25-6-2/h9-23H,5-8,24-31H2,1-4H3. The molecular weight excluding hydrogens is 652 g/mol. The van der Waals surface area contributed by atoms with Gasteiger partial charge in [0.25, 0.3) is 0 Å². The van der Waals surface area contributed by atoms with E-state index in [0.717, 1.165) is 104 Å². The van der Waals surface area contributed by atoms with E-state index in [9.17, 15) is 0 Å². The highest BCUT2D eigenvalue weighted by atomic mass is 35.5. The highest BCUT2D eigenvalue weighted by molar-refractivity contribution is 6.30. The van der Waals surface area contributed by atoms with Gasteiger partial charge in [-0.05, 0) is 87.9 Å². The Morgan fingerprint density at radius 3 is 1.16 bits per heavy atom. The topological polar surface area (TPSA) is 36.9 Å². The Hall–Kier alpha value is -4.41. The molecule has 0 heterocycles. The Labute approximate surface area is 309 Å². The molecule has 266 valence electrons. The van der Waals surface area contributed by atoms with E-state index in [2.05, 4.69) is 107 Å². The van der Waals surface area contributed by atoms with E-state index in [4.69, 9.17) is 30.5 Å². The number of halogens is 1. The first kappa shape index (κ1) is 36.4. The van der Waals surface area contributed by atoms with Crippen LogP contribution in [0, 0.1) is 0 Å². The van der Waals surface area contributed by atoms with Gasteiger partial charge in [-0.3, -0.25) is 0 Å². The average Bonchev–Trinajstić information content (AvgIpc) is 3.14. The van der Waals surface area contributed by atoms with Crippen molar-refractivity contribution in [2.75, 3.05) is 26.4 Å². The summed E-state index contributed by atoms with van der Waals surface area (Å²) in [6, 6.07) is 32.4. The second-order valence-electron chi connectivity index (χ2n) is 13.4. The summed E-state index contributed by atoms with van der Waals surface area (Å²) in [6.45, 7) is 11.2. The quantitative estimate of drug-likeness (QED) is 0.120. The van der Waals surface area contributed by atoms with Gasteiger partial charge in [0, 0.05) is 36.3 Å². The fourth-order valence-electron chi connectivity index (χ4n) is 7.00. The van der Waals surface area contributed by atoms with Gasteiger partial charge >= 0.3 is 0 Å². The Morgan fingerprint density at radius 2 is 0.765 bits per heavy atom. The largest absolute Gasteiger partial charge is 0.493 e. The first-order valence-corrected chi connectivity index (χ1v) is 19.2. The fraction of sp³-hybridized carbons (Fsp3) is 0.348. The normalized spacial score (nSPS) is 12.3. The Kier molecular flexibility index (Phi) is 12.6. The van der Waals surface area contributed by atoms with Gasteiger partial charge in [0.1, 0.15) is 23.0 Å². The summed E-state index contributed by atoms with van der Waals surface area (Å²) in [5, 5.41) is 0.717. The lowest BCUT2D eigenvalue weighted by atomic mass is 9.88. The molecule has 0 atom stereocenters. The lowest BCUT2D eigenvalue weighted by Crippen LogP contribution is -2.10. The first-order chi connectivity index (χ1) is 25.0. The monoisotopic (exact) mass is 702 g/mol. The van der Waals surface area contributed by atoms with Gasteiger partial charge in [-0.25, -0.2) is 0 Å². The van der Waals surface area contributed by atoms with Crippen molar-refractivity contribution in [2.45, 2.75) is 79.1 Å². The minimum absolute atomic E-state index is 0.623. The van der Waals surface area contributed by atoms with Crippen LogP contribution in [0.5, 0.6) is 23.0 Å². The van der Waals surface area contributed by atoms with E-state index in [0.29, 0.717) is 52.1 Å². The van der Waals surface area contributed by atoms with Gasteiger partial charge in [-0.1, -0.05) is 118 Å². The highest BCUT2D eigenvalue weighted by Crippen LogP contribution is 2.42. The molecule has 0 aliphatic heterocycles. The van der Waals surface area contributed by atoms with Crippen LogP contribution >= 0.6 is 11.6 Å². The van der Waals surface area contributed by atoms with Crippen molar-refractivity contribution >= 4 is 11.6 Å². The minimum atomic E-state index is 0.623. The molecule has 0 amide bonds. The maximum absolute atomic E-state index is 6.80. The smallest absolute Gasteiger partial charge is 0.126 e. The molecule has 4 nitrogen and oxygen atoms in total. The second kappa shape index (κ2) is 17.7. The molecule has 8 bridgehead atoms. The molecule has 0 saturated heterocycles. The maximum Gasteiger partial charge on any atom is 0.126 e. The summed E-state index contributed by atoms with van der Waals surface area (Å²) >= 11 is 6.38. The Balaban J connectivity index is 1.64. The molecule has 0 aromatic heterocycles. The molecule has 1 aliphatic carbocycles. The summed E-state index contributed by atoms with van der Waals surface area (Å²) in [4.78, 5) is 0. The second-order valence-corrected chi connectivity index (χ2v) is 13.8. The number of fused-ring (bicyclic) bond motifs is 8. The predicted molar refractivity (Wildman–Crippen MR) is 211 cm³/mol. The minimum Gasteiger partial charge on any atom is -0.493 e. The van der Waals surface area contributed by atoms with Crippen LogP contribution < -0.4 is 18.9 Å². The van der Waals surface area contributed by atoms with Crippen molar-refractivity contribution in [1.82, 2.24) is 0 Å². The first-order valence-electron chi connectivity index (χ1n) is 18.8. The summed E-state index contributed by atoms with van der Waals surface area (Å²) in [5.74, 6) is 3.82. The zero-order valence-electron chi connectivity index (χ0n) is 30.7. The van der Waals surface area contributed by atoms with Crippen molar-refractivity contribution in [3.63, 3.8) is 0 Å². The molecular formula is C46H51ClO4. The highest BCUT2D eigenvalue weighted by Gasteiger charge is 2.23.